The van der Waals surface area contributed by atoms with Crippen molar-refractivity contribution in [1.29, 1.82) is 0 Å². The zero-order valence-corrected chi connectivity index (χ0v) is 27.4. The van der Waals surface area contributed by atoms with Gasteiger partial charge >= 0.3 is 0 Å². The maximum absolute atomic E-state index is 5.73. The number of benzene rings is 7. The second kappa shape index (κ2) is 10.6. The average Bonchev–Trinajstić information content (AvgIpc) is 4.02. The van der Waals surface area contributed by atoms with Crippen LogP contribution in [0, 0.1) is 0 Å². The van der Waals surface area contributed by atoms with E-state index in [2.05, 4.69) is 156 Å². The van der Waals surface area contributed by atoms with Crippen LogP contribution in [0.5, 0.6) is 0 Å². The minimum Gasteiger partial charge on any atom is -0.444 e. The molecule has 0 unspecified atom stereocenters. The van der Waals surface area contributed by atoms with Gasteiger partial charge in [-0.05, 0) is 102 Å². The predicted octanol–water partition coefficient (Wildman–Crippen LogP) is 11.8. The van der Waals surface area contributed by atoms with Gasteiger partial charge in [0, 0.05) is 11.1 Å². The molecule has 238 valence electrons. The van der Waals surface area contributed by atoms with Gasteiger partial charge in [0.1, 0.15) is 0 Å². The van der Waals surface area contributed by atoms with Crippen molar-refractivity contribution < 1.29 is 8.83 Å². The third kappa shape index (κ3) is 3.90. The fourth-order valence-electron chi connectivity index (χ4n) is 8.82. The topological polar surface area (TPSA) is 52.1 Å². The molecule has 0 radical (unpaired) electrons. The Hall–Kier alpha value is -6.78. The number of aromatic nitrogens is 2. The predicted molar refractivity (Wildman–Crippen MR) is 202 cm³/mol. The van der Waals surface area contributed by atoms with E-state index in [-0.39, 0.29) is 0 Å². The van der Waals surface area contributed by atoms with Gasteiger partial charge in [-0.15, -0.1) is 0 Å². The fraction of sp³-hybridized carbons (Fsp3) is 0.0213. The third-order valence-corrected chi connectivity index (χ3v) is 10.9. The molecule has 0 N–H and O–H groups in total. The van der Waals surface area contributed by atoms with Crippen molar-refractivity contribution in [2.45, 2.75) is 5.41 Å². The monoisotopic (exact) mass is 652 g/mol. The summed E-state index contributed by atoms with van der Waals surface area (Å²) in [5.74, 6) is 1.51. The first kappa shape index (κ1) is 28.1. The normalized spacial score (nSPS) is 13.3. The Bertz CT molecular complexity index is 2770. The lowest BCUT2D eigenvalue weighted by atomic mass is 9.69. The average molecular weight is 653 g/mol. The van der Waals surface area contributed by atoms with Gasteiger partial charge in [0.15, 0.2) is 24.3 Å². The van der Waals surface area contributed by atoms with E-state index in [4.69, 9.17) is 8.83 Å². The quantitative estimate of drug-likeness (QED) is 0.190. The third-order valence-electron chi connectivity index (χ3n) is 10.9. The molecule has 0 saturated heterocycles. The summed E-state index contributed by atoms with van der Waals surface area (Å²) >= 11 is 0. The van der Waals surface area contributed by atoms with Crippen molar-refractivity contribution in [2.75, 3.05) is 0 Å². The molecule has 2 aromatic heterocycles. The number of fused-ring (bicyclic) bond motifs is 12. The minimum atomic E-state index is -0.516. The molecule has 7 aromatic carbocycles. The van der Waals surface area contributed by atoms with Crippen molar-refractivity contribution in [3.63, 3.8) is 0 Å². The Balaban J connectivity index is 1.23. The molecule has 51 heavy (non-hydrogen) atoms. The highest BCUT2D eigenvalue weighted by Gasteiger charge is 2.52. The largest absolute Gasteiger partial charge is 0.444 e. The van der Waals surface area contributed by atoms with Crippen LogP contribution in [-0.4, -0.2) is 9.97 Å². The zero-order chi connectivity index (χ0) is 33.5. The van der Waals surface area contributed by atoms with E-state index < -0.39 is 5.41 Å². The van der Waals surface area contributed by atoms with Crippen LogP contribution in [0.1, 0.15) is 22.3 Å². The van der Waals surface area contributed by atoms with Gasteiger partial charge in [-0.25, -0.2) is 9.97 Å². The number of rotatable bonds is 4. The molecule has 2 heterocycles. The Morgan fingerprint density at radius 2 is 0.941 bits per heavy atom. The van der Waals surface area contributed by atoms with Crippen LogP contribution in [0.25, 0.3) is 77.9 Å². The van der Waals surface area contributed by atoms with Crippen molar-refractivity contribution in [3.8, 4) is 67.2 Å². The molecule has 0 atom stereocenters. The smallest absolute Gasteiger partial charge is 0.181 e. The van der Waals surface area contributed by atoms with Crippen LogP contribution < -0.4 is 0 Å². The number of oxazole rings is 2. The first-order chi connectivity index (χ1) is 25.3. The maximum atomic E-state index is 5.73. The standard InChI is InChI=1S/C47H28N2O2/c1-2-16-37-34(13-1)39(31-10-8-12-33(22-31)45-26-49-28-51-45)24-43-46(37)38-20-19-30(29-9-7-11-32(21-29)44-25-48-27-50-44)23-42(38)47(43)40-17-5-3-14-35(40)36-15-4-6-18-41(36)47/h1-28H. The van der Waals surface area contributed by atoms with Gasteiger partial charge in [-0.1, -0.05) is 121 Å². The first-order valence-corrected chi connectivity index (χ1v) is 17.2. The van der Waals surface area contributed by atoms with E-state index in [1.165, 1.54) is 73.6 Å². The molecule has 9 aromatic rings. The molecule has 2 aliphatic rings. The Morgan fingerprint density at radius 1 is 0.373 bits per heavy atom. The van der Waals surface area contributed by atoms with Gasteiger partial charge < -0.3 is 8.83 Å². The molecule has 1 spiro atoms. The zero-order valence-electron chi connectivity index (χ0n) is 27.4. The molecule has 4 heteroatoms. The Labute approximate surface area is 294 Å². The Morgan fingerprint density at radius 3 is 1.61 bits per heavy atom. The first-order valence-electron chi connectivity index (χ1n) is 17.2. The van der Waals surface area contributed by atoms with Crippen LogP contribution in [0.4, 0.5) is 0 Å². The lowest BCUT2D eigenvalue weighted by Crippen LogP contribution is -2.26. The summed E-state index contributed by atoms with van der Waals surface area (Å²) in [5.41, 5.74) is 16.5. The van der Waals surface area contributed by atoms with E-state index in [9.17, 15) is 0 Å². The van der Waals surface area contributed by atoms with E-state index in [1.807, 2.05) is 0 Å². The highest BCUT2D eigenvalue weighted by Crippen LogP contribution is 2.64. The fourth-order valence-corrected chi connectivity index (χ4v) is 8.82. The van der Waals surface area contributed by atoms with Crippen LogP contribution in [0.2, 0.25) is 0 Å². The highest BCUT2D eigenvalue weighted by molar-refractivity contribution is 6.11. The van der Waals surface area contributed by atoms with Crippen LogP contribution in [0.15, 0.2) is 180 Å². The summed E-state index contributed by atoms with van der Waals surface area (Å²) in [6, 6.07) is 53.5. The van der Waals surface area contributed by atoms with Crippen molar-refractivity contribution in [1.82, 2.24) is 9.97 Å². The van der Waals surface area contributed by atoms with Crippen LogP contribution in [-0.2, 0) is 5.41 Å². The summed E-state index contributed by atoms with van der Waals surface area (Å²) in [5, 5.41) is 2.47. The SMILES string of the molecule is c1cc(-c2ccc3c(c2)C2(c4ccccc4-c4ccccc42)c2cc(-c4cccc(-c5cnco5)c4)c4ccccc4c2-3)cc(-c2cnco2)c1. The maximum Gasteiger partial charge on any atom is 0.181 e. The van der Waals surface area contributed by atoms with Gasteiger partial charge in [0.2, 0.25) is 0 Å². The summed E-state index contributed by atoms with van der Waals surface area (Å²) < 4.78 is 11.4. The highest BCUT2D eigenvalue weighted by atomic mass is 16.3. The lowest BCUT2D eigenvalue weighted by Gasteiger charge is -2.31. The van der Waals surface area contributed by atoms with Crippen molar-refractivity contribution in [2.24, 2.45) is 0 Å². The summed E-state index contributed by atoms with van der Waals surface area (Å²) in [4.78, 5) is 8.34. The Kier molecular flexibility index (Phi) is 5.84. The molecule has 0 aliphatic heterocycles. The van der Waals surface area contributed by atoms with Gasteiger partial charge in [-0.2, -0.15) is 0 Å². The molecule has 0 bridgehead atoms. The number of hydrogen-bond donors (Lipinski definition) is 0. The molecule has 0 amide bonds. The lowest BCUT2D eigenvalue weighted by molar-refractivity contribution is 0.571. The number of hydrogen-bond acceptors (Lipinski definition) is 4. The van der Waals surface area contributed by atoms with Crippen molar-refractivity contribution >= 4 is 10.8 Å². The number of nitrogens with zero attached hydrogens (tertiary/aromatic N) is 2. The van der Waals surface area contributed by atoms with Crippen LogP contribution >= 0.6 is 0 Å². The van der Waals surface area contributed by atoms with Gasteiger partial charge in [-0.3, -0.25) is 0 Å². The van der Waals surface area contributed by atoms with Gasteiger partial charge in [0.25, 0.3) is 0 Å². The molecule has 2 aliphatic carbocycles. The molecular weight excluding hydrogens is 625 g/mol. The van der Waals surface area contributed by atoms with E-state index >= 15 is 0 Å². The van der Waals surface area contributed by atoms with E-state index in [0.29, 0.717) is 0 Å². The second-order valence-electron chi connectivity index (χ2n) is 13.4. The summed E-state index contributed by atoms with van der Waals surface area (Å²) in [6.45, 7) is 0. The molecule has 4 nitrogen and oxygen atoms in total. The second-order valence-corrected chi connectivity index (χ2v) is 13.4. The summed E-state index contributed by atoms with van der Waals surface area (Å²) in [6.07, 6.45) is 6.51. The van der Waals surface area contributed by atoms with E-state index in [0.717, 1.165) is 39.3 Å². The molecular formula is C47H28N2O2. The van der Waals surface area contributed by atoms with Crippen LogP contribution in [0.3, 0.4) is 0 Å². The minimum absolute atomic E-state index is 0.516. The molecule has 0 saturated carbocycles. The summed E-state index contributed by atoms with van der Waals surface area (Å²) in [7, 11) is 0. The van der Waals surface area contributed by atoms with Gasteiger partial charge in [0.05, 0.1) is 17.8 Å². The molecule has 0 fully saturated rings. The van der Waals surface area contributed by atoms with Crippen molar-refractivity contribution in [3.05, 3.63) is 193 Å². The molecule has 11 rings (SSSR count). The van der Waals surface area contributed by atoms with E-state index in [1.54, 1.807) is 12.4 Å².